The van der Waals surface area contributed by atoms with Gasteiger partial charge >= 0.3 is 12.2 Å². The number of hydrogen-bond donors (Lipinski definition) is 3. The number of fused-ring (bicyclic) bond motifs is 2. The Balaban J connectivity index is 2.23. The fraction of sp³-hybridized carbons (Fsp3) is 0.438. The average Bonchev–Trinajstić information content (AvgIpc) is 2.83. The number of anilines is 1. The number of rotatable bonds is 2. The number of nitrogens with zero attached hydrogens (tertiary/aromatic N) is 2. The Morgan fingerprint density at radius 2 is 2.04 bits per heavy atom. The van der Waals surface area contributed by atoms with Gasteiger partial charge in [0.15, 0.2) is 0 Å². The first-order valence-electron chi connectivity index (χ1n) is 7.75. The van der Waals surface area contributed by atoms with Gasteiger partial charge in [0.25, 0.3) is 0 Å². The molecule has 2 unspecified atom stereocenters. The van der Waals surface area contributed by atoms with Crippen LogP contribution in [-0.4, -0.2) is 64.6 Å². The van der Waals surface area contributed by atoms with Crippen LogP contribution in [0, 0.1) is 0 Å². The molecule has 1 aromatic rings. The van der Waals surface area contributed by atoms with E-state index in [1.165, 1.54) is 13.2 Å². The summed E-state index contributed by atoms with van der Waals surface area (Å²) in [6.07, 6.45) is -2.08. The molecule has 3 N–H and O–H groups in total. The van der Waals surface area contributed by atoms with Crippen LogP contribution < -0.4 is 9.64 Å². The van der Waals surface area contributed by atoms with Crippen molar-refractivity contribution in [1.82, 2.24) is 4.90 Å². The summed E-state index contributed by atoms with van der Waals surface area (Å²) in [5.41, 5.74) is -0.890. The summed E-state index contributed by atoms with van der Waals surface area (Å²) in [4.78, 5) is 38.0. The third-order valence-electron chi connectivity index (χ3n) is 5.04. The largest absolute Gasteiger partial charge is 0.497 e. The summed E-state index contributed by atoms with van der Waals surface area (Å²) in [5, 5.41) is 28.8. The molecular weight excluding hydrogens is 332 g/mol. The highest BCUT2D eigenvalue weighted by atomic mass is 16.5. The standard InChI is InChI=1S/C16H18N2O7/c1-25-9-3-4-10-11(7-9)18(15(23)24)13(20)16(10)5-2-6-17(14(21)22)12(16)8-19/h3-4,7,12,19H,2,5-6,8H2,1H3,(H,21,22)(H,23,24). The van der Waals surface area contributed by atoms with Gasteiger partial charge in [0.1, 0.15) is 5.75 Å². The quantitative estimate of drug-likeness (QED) is 0.728. The van der Waals surface area contributed by atoms with E-state index in [1.54, 1.807) is 12.1 Å². The molecule has 3 amide bonds. The molecule has 2 aliphatic heterocycles. The highest BCUT2D eigenvalue weighted by Crippen LogP contribution is 2.51. The van der Waals surface area contributed by atoms with Gasteiger partial charge in [-0.25, -0.2) is 14.5 Å². The fourth-order valence-corrected chi connectivity index (χ4v) is 3.98. The molecule has 25 heavy (non-hydrogen) atoms. The first-order chi connectivity index (χ1) is 11.9. The van der Waals surface area contributed by atoms with Crippen LogP contribution in [0.3, 0.4) is 0 Å². The molecule has 9 heteroatoms. The van der Waals surface area contributed by atoms with E-state index in [-0.39, 0.29) is 18.7 Å². The Kier molecular flexibility index (Phi) is 4.03. The third-order valence-corrected chi connectivity index (χ3v) is 5.04. The van der Waals surface area contributed by atoms with Gasteiger partial charge in [-0.2, -0.15) is 0 Å². The van der Waals surface area contributed by atoms with Gasteiger partial charge in [0.2, 0.25) is 5.91 Å². The number of carbonyl (C=O) groups excluding carboxylic acids is 1. The van der Waals surface area contributed by atoms with Gasteiger partial charge in [0.05, 0.1) is 30.9 Å². The van der Waals surface area contributed by atoms with Crippen molar-refractivity contribution in [2.75, 3.05) is 25.2 Å². The molecule has 0 radical (unpaired) electrons. The molecule has 2 heterocycles. The zero-order valence-electron chi connectivity index (χ0n) is 13.5. The molecule has 0 bridgehead atoms. The first kappa shape index (κ1) is 17.0. The minimum atomic E-state index is -1.46. The zero-order valence-corrected chi connectivity index (χ0v) is 13.5. The molecule has 9 nitrogen and oxygen atoms in total. The van der Waals surface area contributed by atoms with Crippen molar-refractivity contribution in [2.45, 2.75) is 24.3 Å². The van der Waals surface area contributed by atoms with Crippen molar-refractivity contribution in [2.24, 2.45) is 0 Å². The first-order valence-corrected chi connectivity index (χ1v) is 7.75. The van der Waals surface area contributed by atoms with E-state index in [1.807, 2.05) is 0 Å². The molecule has 0 aromatic heterocycles. The summed E-state index contributed by atoms with van der Waals surface area (Å²) >= 11 is 0. The summed E-state index contributed by atoms with van der Waals surface area (Å²) in [6.45, 7) is -0.412. The molecule has 134 valence electrons. The summed E-state index contributed by atoms with van der Waals surface area (Å²) in [5.74, 6) is -0.366. The highest BCUT2D eigenvalue weighted by Gasteiger charge is 2.60. The number of ether oxygens (including phenoxy) is 1. The summed E-state index contributed by atoms with van der Waals surface area (Å²) in [6, 6.07) is 3.54. The second-order valence-electron chi connectivity index (χ2n) is 6.06. The molecule has 1 fully saturated rings. The van der Waals surface area contributed by atoms with Crippen molar-refractivity contribution >= 4 is 23.8 Å². The second kappa shape index (κ2) is 5.92. The monoisotopic (exact) mass is 350 g/mol. The van der Waals surface area contributed by atoms with Gasteiger partial charge < -0.3 is 25.0 Å². The Hall–Kier alpha value is -2.81. The molecule has 2 atom stereocenters. The van der Waals surface area contributed by atoms with Crippen molar-refractivity contribution in [1.29, 1.82) is 0 Å². The topological polar surface area (TPSA) is 128 Å². The van der Waals surface area contributed by atoms with Crippen LogP contribution in [0.25, 0.3) is 0 Å². The van der Waals surface area contributed by atoms with Gasteiger partial charge in [-0.15, -0.1) is 0 Å². The van der Waals surface area contributed by atoms with Crippen molar-refractivity contribution in [3.8, 4) is 5.75 Å². The van der Waals surface area contributed by atoms with E-state index in [2.05, 4.69) is 0 Å². The molecule has 1 saturated heterocycles. The second-order valence-corrected chi connectivity index (χ2v) is 6.06. The number of carboxylic acid groups (broad SMARTS) is 2. The lowest BCUT2D eigenvalue weighted by Crippen LogP contribution is -2.62. The minimum Gasteiger partial charge on any atom is -0.497 e. The maximum Gasteiger partial charge on any atom is 0.418 e. The van der Waals surface area contributed by atoms with Crippen molar-refractivity contribution in [3.63, 3.8) is 0 Å². The van der Waals surface area contributed by atoms with Crippen LogP contribution in [0.5, 0.6) is 5.75 Å². The molecule has 1 spiro atoms. The number of aliphatic hydroxyl groups is 1. The number of carbonyl (C=O) groups is 3. The number of amides is 3. The lowest BCUT2D eigenvalue weighted by atomic mass is 9.69. The van der Waals surface area contributed by atoms with Crippen molar-refractivity contribution < 1.29 is 34.4 Å². The number of benzene rings is 1. The predicted octanol–water partition coefficient (Wildman–Crippen LogP) is 1.09. The molecular formula is C16H18N2O7. The van der Waals surface area contributed by atoms with Crippen molar-refractivity contribution in [3.05, 3.63) is 23.8 Å². The highest BCUT2D eigenvalue weighted by molar-refractivity contribution is 6.21. The van der Waals surface area contributed by atoms with Crippen LogP contribution >= 0.6 is 0 Å². The maximum atomic E-state index is 13.1. The smallest absolute Gasteiger partial charge is 0.418 e. The normalized spacial score (nSPS) is 25.2. The van der Waals surface area contributed by atoms with E-state index in [0.29, 0.717) is 22.6 Å². The van der Waals surface area contributed by atoms with Gasteiger partial charge in [-0.1, -0.05) is 6.07 Å². The van der Waals surface area contributed by atoms with E-state index < -0.39 is 36.2 Å². The van der Waals surface area contributed by atoms with Crippen LogP contribution in [0.4, 0.5) is 15.3 Å². The Morgan fingerprint density at radius 3 is 2.60 bits per heavy atom. The SMILES string of the molecule is COc1ccc2c(c1)N(C(=O)O)C(=O)C21CCCN(C(=O)O)C1CO. The number of aliphatic hydroxyl groups excluding tert-OH is 1. The Morgan fingerprint density at radius 1 is 1.32 bits per heavy atom. The molecule has 1 aromatic carbocycles. The van der Waals surface area contributed by atoms with Gasteiger partial charge in [0, 0.05) is 12.6 Å². The predicted molar refractivity (Wildman–Crippen MR) is 85.0 cm³/mol. The van der Waals surface area contributed by atoms with E-state index in [0.717, 1.165) is 4.90 Å². The zero-order chi connectivity index (χ0) is 18.4. The third kappa shape index (κ3) is 2.23. The molecule has 0 saturated carbocycles. The van der Waals surface area contributed by atoms with E-state index >= 15 is 0 Å². The van der Waals surface area contributed by atoms with Crippen LogP contribution in [0.1, 0.15) is 18.4 Å². The van der Waals surface area contributed by atoms with Crippen LogP contribution in [0.15, 0.2) is 18.2 Å². The Labute approximate surface area is 143 Å². The number of methoxy groups -OCH3 is 1. The number of piperidine rings is 1. The van der Waals surface area contributed by atoms with E-state index in [4.69, 9.17) is 4.74 Å². The van der Waals surface area contributed by atoms with Gasteiger partial charge in [-0.3, -0.25) is 4.79 Å². The molecule has 3 rings (SSSR count). The average molecular weight is 350 g/mol. The number of imide groups is 1. The number of hydrogen-bond acceptors (Lipinski definition) is 5. The maximum absolute atomic E-state index is 13.1. The van der Waals surface area contributed by atoms with Crippen LogP contribution in [-0.2, 0) is 10.2 Å². The summed E-state index contributed by atoms with van der Waals surface area (Å²) < 4.78 is 5.11. The number of likely N-dealkylation sites (tertiary alicyclic amines) is 1. The molecule has 0 aliphatic carbocycles. The van der Waals surface area contributed by atoms with Crippen LogP contribution in [0.2, 0.25) is 0 Å². The van der Waals surface area contributed by atoms with Gasteiger partial charge in [-0.05, 0) is 24.5 Å². The van der Waals surface area contributed by atoms with E-state index in [9.17, 15) is 29.7 Å². The minimum absolute atomic E-state index is 0.141. The fourth-order valence-electron chi connectivity index (χ4n) is 3.98. The lowest BCUT2D eigenvalue weighted by molar-refractivity contribution is -0.127. The lowest BCUT2D eigenvalue weighted by Gasteiger charge is -2.45. The molecule has 2 aliphatic rings. The Bertz CT molecular complexity index is 750. The summed E-state index contributed by atoms with van der Waals surface area (Å²) in [7, 11) is 1.42.